The lowest BCUT2D eigenvalue weighted by Gasteiger charge is -2.28. The van der Waals surface area contributed by atoms with Gasteiger partial charge in [0.25, 0.3) is 5.91 Å². The van der Waals surface area contributed by atoms with Gasteiger partial charge in [-0.15, -0.1) is 0 Å². The molecule has 2 fully saturated rings. The smallest absolute Gasteiger partial charge is 0.269 e. The Kier molecular flexibility index (Phi) is 7.88. The maximum Gasteiger partial charge on any atom is 0.269 e. The van der Waals surface area contributed by atoms with Gasteiger partial charge in [0.15, 0.2) is 5.17 Å². The topological polar surface area (TPSA) is 48.4 Å². The first kappa shape index (κ1) is 26.3. The van der Waals surface area contributed by atoms with E-state index in [1.807, 2.05) is 53.4 Å². The third kappa shape index (κ3) is 5.57. The Hall–Kier alpha value is -2.91. The van der Waals surface area contributed by atoms with Crippen molar-refractivity contribution in [3.05, 3.63) is 93.3 Å². The van der Waals surface area contributed by atoms with Crippen molar-refractivity contribution >= 4 is 63.3 Å². The van der Waals surface area contributed by atoms with Crippen LogP contribution in [-0.4, -0.2) is 55.4 Å². The van der Waals surface area contributed by atoms with E-state index in [4.69, 9.17) is 21.3 Å². The highest BCUT2D eigenvalue weighted by molar-refractivity contribution is 8.19. The zero-order valence-corrected chi connectivity index (χ0v) is 24.1. The van der Waals surface area contributed by atoms with Crippen molar-refractivity contribution in [1.29, 1.82) is 0 Å². The molecule has 9 heteroatoms. The number of morpholine rings is 1. The van der Waals surface area contributed by atoms with Crippen LogP contribution >= 0.6 is 35.1 Å². The number of ether oxygens (including phenoxy) is 1. The molecule has 0 N–H and O–H groups in total. The largest absolute Gasteiger partial charge is 0.378 e. The molecule has 0 bridgehead atoms. The lowest BCUT2D eigenvalue weighted by atomic mass is 10.1. The normalized spacial score (nSPS) is 20.3. The predicted molar refractivity (Wildman–Crippen MR) is 163 cm³/mol. The molecule has 6 nitrogen and oxygen atoms in total. The molecule has 200 valence electrons. The molecule has 2 saturated heterocycles. The van der Waals surface area contributed by atoms with Crippen LogP contribution in [-0.2, 0) is 16.0 Å². The SMILES string of the molecule is CCN1C(=C2SC(=Nc3ccc(N4CCOCC4)cc3)N(CCc3ccccc3)C2=O)Sc2ccc(Cl)cc21. The number of amides is 1. The summed E-state index contributed by atoms with van der Waals surface area (Å²) in [5, 5.41) is 2.35. The fourth-order valence-corrected chi connectivity index (χ4v) is 7.47. The molecule has 0 radical (unpaired) electrons. The van der Waals surface area contributed by atoms with Crippen LogP contribution in [0.5, 0.6) is 0 Å². The summed E-state index contributed by atoms with van der Waals surface area (Å²) in [4.78, 5) is 27.1. The van der Waals surface area contributed by atoms with Gasteiger partial charge in [-0.3, -0.25) is 9.69 Å². The highest BCUT2D eigenvalue weighted by atomic mass is 35.5. The van der Waals surface area contributed by atoms with Crippen molar-refractivity contribution in [2.45, 2.75) is 18.2 Å². The molecule has 0 aromatic heterocycles. The highest BCUT2D eigenvalue weighted by Gasteiger charge is 2.39. The van der Waals surface area contributed by atoms with Gasteiger partial charge in [0.1, 0.15) is 9.93 Å². The van der Waals surface area contributed by atoms with Crippen LogP contribution in [0.4, 0.5) is 17.1 Å². The molecule has 0 unspecified atom stereocenters. The highest BCUT2D eigenvalue weighted by Crippen LogP contribution is 2.51. The number of anilines is 2. The Balaban J connectivity index is 1.32. The second kappa shape index (κ2) is 11.7. The summed E-state index contributed by atoms with van der Waals surface area (Å²) in [5.74, 6) is -0.000490. The zero-order valence-electron chi connectivity index (χ0n) is 21.7. The van der Waals surface area contributed by atoms with E-state index in [0.717, 1.165) is 60.6 Å². The number of carbonyl (C=O) groups is 1. The third-order valence-electron chi connectivity index (χ3n) is 6.96. The quantitative estimate of drug-likeness (QED) is 0.301. The number of nitrogens with zero attached hydrogens (tertiary/aromatic N) is 4. The van der Waals surface area contributed by atoms with Gasteiger partial charge in [0, 0.05) is 41.8 Å². The molecule has 3 aliphatic rings. The minimum atomic E-state index is -0.000490. The summed E-state index contributed by atoms with van der Waals surface area (Å²) in [5.41, 5.74) is 4.24. The van der Waals surface area contributed by atoms with E-state index in [1.54, 1.807) is 11.8 Å². The van der Waals surface area contributed by atoms with E-state index in [9.17, 15) is 4.79 Å². The van der Waals surface area contributed by atoms with Gasteiger partial charge >= 0.3 is 0 Å². The first-order valence-electron chi connectivity index (χ1n) is 13.1. The van der Waals surface area contributed by atoms with Crippen LogP contribution < -0.4 is 9.80 Å². The van der Waals surface area contributed by atoms with E-state index >= 15 is 0 Å². The van der Waals surface area contributed by atoms with Gasteiger partial charge in [0.2, 0.25) is 0 Å². The summed E-state index contributed by atoms with van der Waals surface area (Å²) in [7, 11) is 0. The third-order valence-corrected chi connectivity index (χ3v) is 9.57. The van der Waals surface area contributed by atoms with Crippen LogP contribution in [0.1, 0.15) is 12.5 Å². The van der Waals surface area contributed by atoms with Crippen molar-refractivity contribution in [1.82, 2.24) is 4.90 Å². The van der Waals surface area contributed by atoms with Crippen molar-refractivity contribution in [2.24, 2.45) is 4.99 Å². The van der Waals surface area contributed by atoms with Crippen LogP contribution in [0.3, 0.4) is 0 Å². The monoisotopic (exact) mass is 576 g/mol. The lowest BCUT2D eigenvalue weighted by Crippen LogP contribution is -2.36. The number of benzene rings is 3. The molecule has 3 aliphatic heterocycles. The number of halogens is 1. The van der Waals surface area contributed by atoms with Gasteiger partial charge in [-0.25, -0.2) is 4.99 Å². The standard InChI is InChI=1S/C30H29ClN4O2S2/c1-2-34-25-20-22(31)8-13-26(25)38-29(34)27-28(36)35(15-14-21-6-4-3-5-7-21)30(39-27)32-23-9-11-24(12-10-23)33-16-18-37-19-17-33/h3-13,20H,2,14-19H2,1H3. The number of aliphatic imine (C=N–C) groups is 1. The van der Waals surface area contributed by atoms with Crippen LogP contribution in [0.15, 0.2) is 92.6 Å². The maximum absolute atomic E-state index is 13.9. The molecule has 6 rings (SSSR count). The number of thioether (sulfide) groups is 2. The molecule has 0 aliphatic carbocycles. The number of rotatable bonds is 6. The molecule has 1 amide bonds. The van der Waals surface area contributed by atoms with Gasteiger partial charge in [-0.1, -0.05) is 53.7 Å². The summed E-state index contributed by atoms with van der Waals surface area (Å²) in [6, 6.07) is 24.4. The molecular formula is C30H29ClN4O2S2. The van der Waals surface area contributed by atoms with Crippen LogP contribution in [0.2, 0.25) is 5.02 Å². The number of hydrogen-bond donors (Lipinski definition) is 0. The fourth-order valence-electron chi connectivity index (χ4n) is 4.91. The molecule has 3 aromatic carbocycles. The minimum Gasteiger partial charge on any atom is -0.378 e. The van der Waals surface area contributed by atoms with E-state index < -0.39 is 0 Å². The zero-order chi connectivity index (χ0) is 26.8. The Morgan fingerprint density at radius 2 is 1.72 bits per heavy atom. The Labute approximate surface area is 242 Å². The summed E-state index contributed by atoms with van der Waals surface area (Å²) >= 11 is 9.41. The molecular weight excluding hydrogens is 548 g/mol. The molecule has 3 heterocycles. The Morgan fingerprint density at radius 3 is 2.46 bits per heavy atom. The Bertz CT molecular complexity index is 1420. The number of amidine groups is 1. The molecule has 3 aromatic rings. The van der Waals surface area contributed by atoms with E-state index in [0.29, 0.717) is 21.6 Å². The number of fused-ring (bicyclic) bond motifs is 1. The fraction of sp³-hybridized carbons (Fsp3) is 0.267. The number of hydrogen-bond acceptors (Lipinski definition) is 7. The first-order valence-corrected chi connectivity index (χ1v) is 15.2. The van der Waals surface area contributed by atoms with Crippen molar-refractivity contribution < 1.29 is 9.53 Å². The average Bonchev–Trinajstić information content (AvgIpc) is 3.49. The minimum absolute atomic E-state index is 0.000490. The van der Waals surface area contributed by atoms with Crippen LogP contribution in [0.25, 0.3) is 0 Å². The van der Waals surface area contributed by atoms with E-state index in [2.05, 4.69) is 41.0 Å². The van der Waals surface area contributed by atoms with Crippen molar-refractivity contribution in [3.8, 4) is 0 Å². The van der Waals surface area contributed by atoms with E-state index in [-0.39, 0.29) is 5.91 Å². The summed E-state index contributed by atoms with van der Waals surface area (Å²) in [6.07, 6.45) is 0.755. The molecule has 39 heavy (non-hydrogen) atoms. The summed E-state index contributed by atoms with van der Waals surface area (Å²) < 4.78 is 5.48. The summed E-state index contributed by atoms with van der Waals surface area (Å²) in [6.45, 7) is 6.68. The maximum atomic E-state index is 13.9. The molecule has 0 atom stereocenters. The number of carbonyl (C=O) groups excluding carboxylic acids is 1. The second-order valence-corrected chi connectivity index (χ2v) is 11.8. The second-order valence-electron chi connectivity index (χ2n) is 9.40. The van der Waals surface area contributed by atoms with Gasteiger partial charge in [0.05, 0.1) is 24.6 Å². The lowest BCUT2D eigenvalue weighted by molar-refractivity contribution is -0.122. The van der Waals surface area contributed by atoms with Crippen molar-refractivity contribution in [2.75, 3.05) is 49.2 Å². The van der Waals surface area contributed by atoms with Crippen molar-refractivity contribution in [3.63, 3.8) is 0 Å². The molecule has 0 saturated carbocycles. The first-order chi connectivity index (χ1) is 19.1. The molecule has 0 spiro atoms. The van der Waals surface area contributed by atoms with Gasteiger partial charge in [-0.05, 0) is 73.1 Å². The van der Waals surface area contributed by atoms with E-state index in [1.165, 1.54) is 23.0 Å². The van der Waals surface area contributed by atoms with Crippen LogP contribution in [0, 0.1) is 0 Å². The predicted octanol–water partition coefficient (Wildman–Crippen LogP) is 6.78. The van der Waals surface area contributed by atoms with Gasteiger partial charge in [-0.2, -0.15) is 0 Å². The Morgan fingerprint density at radius 1 is 0.949 bits per heavy atom. The van der Waals surface area contributed by atoms with Gasteiger partial charge < -0.3 is 14.5 Å². The average molecular weight is 577 g/mol.